The molecular weight excluding hydrogens is 148 g/mol. The highest BCUT2D eigenvalue weighted by molar-refractivity contribution is 4.78. The van der Waals surface area contributed by atoms with Gasteiger partial charge in [-0.05, 0) is 31.3 Å². The molecule has 1 aliphatic rings. The monoisotopic (exact) mass is 170 g/mol. The van der Waals surface area contributed by atoms with E-state index < -0.39 is 0 Å². The topological polar surface area (TPSA) is 29.3 Å². The number of hydrogen-bond acceptors (Lipinski definition) is 2. The van der Waals surface area contributed by atoms with Crippen molar-refractivity contribution < 1.29 is 0 Å². The van der Waals surface area contributed by atoms with E-state index in [0.29, 0.717) is 11.5 Å². The lowest BCUT2D eigenvalue weighted by molar-refractivity contribution is 0.263. The van der Waals surface area contributed by atoms with Crippen LogP contribution in [0.5, 0.6) is 0 Å². The van der Waals surface area contributed by atoms with Gasteiger partial charge in [0, 0.05) is 12.6 Å². The van der Waals surface area contributed by atoms with Gasteiger partial charge in [-0.3, -0.25) is 0 Å². The van der Waals surface area contributed by atoms with E-state index in [1.54, 1.807) is 0 Å². The zero-order chi connectivity index (χ0) is 9.19. The standard InChI is InChI=1S/C10H22N2/c1-10(2,3)5-7-12-6-4-9(11)8-12/h9H,4-8,11H2,1-3H3/t9-/m1/s1. The van der Waals surface area contributed by atoms with E-state index >= 15 is 0 Å². The van der Waals surface area contributed by atoms with E-state index in [1.807, 2.05) is 0 Å². The molecule has 1 heterocycles. The van der Waals surface area contributed by atoms with Crippen LogP contribution in [0.3, 0.4) is 0 Å². The summed E-state index contributed by atoms with van der Waals surface area (Å²) in [6.45, 7) is 10.4. The fourth-order valence-electron chi connectivity index (χ4n) is 1.56. The second-order valence-electron chi connectivity index (χ2n) is 5.16. The van der Waals surface area contributed by atoms with Gasteiger partial charge in [0.1, 0.15) is 0 Å². The molecular formula is C10H22N2. The number of hydrogen-bond donors (Lipinski definition) is 1. The molecule has 0 aliphatic carbocycles. The molecule has 0 amide bonds. The van der Waals surface area contributed by atoms with Crippen molar-refractivity contribution in [1.82, 2.24) is 4.90 Å². The molecule has 0 spiro atoms. The third kappa shape index (κ3) is 3.55. The third-order valence-electron chi connectivity index (χ3n) is 2.49. The zero-order valence-electron chi connectivity index (χ0n) is 8.64. The van der Waals surface area contributed by atoms with Crippen LogP contribution in [-0.2, 0) is 0 Å². The average molecular weight is 170 g/mol. The Balaban J connectivity index is 2.16. The van der Waals surface area contributed by atoms with Gasteiger partial charge in [-0.25, -0.2) is 0 Å². The number of likely N-dealkylation sites (tertiary alicyclic amines) is 1. The average Bonchev–Trinajstić information content (AvgIpc) is 2.30. The molecule has 2 heteroatoms. The Hall–Kier alpha value is -0.0800. The van der Waals surface area contributed by atoms with Gasteiger partial charge in [-0.15, -0.1) is 0 Å². The Morgan fingerprint density at radius 3 is 2.50 bits per heavy atom. The Bertz CT molecular complexity index is 137. The summed E-state index contributed by atoms with van der Waals surface area (Å²) < 4.78 is 0. The molecule has 0 bridgehead atoms. The van der Waals surface area contributed by atoms with E-state index in [1.165, 1.54) is 25.9 Å². The molecule has 1 atom stereocenters. The summed E-state index contributed by atoms with van der Waals surface area (Å²) in [5.74, 6) is 0. The van der Waals surface area contributed by atoms with Crippen LogP contribution in [-0.4, -0.2) is 30.6 Å². The van der Waals surface area contributed by atoms with Crippen LogP contribution in [0.25, 0.3) is 0 Å². The zero-order valence-corrected chi connectivity index (χ0v) is 8.64. The number of nitrogens with two attached hydrogens (primary N) is 1. The van der Waals surface area contributed by atoms with Gasteiger partial charge in [0.15, 0.2) is 0 Å². The third-order valence-corrected chi connectivity index (χ3v) is 2.49. The lowest BCUT2D eigenvalue weighted by atomic mass is 9.92. The second-order valence-corrected chi connectivity index (χ2v) is 5.16. The number of rotatable bonds is 2. The number of nitrogens with zero attached hydrogens (tertiary/aromatic N) is 1. The lowest BCUT2D eigenvalue weighted by Crippen LogP contribution is -2.29. The minimum Gasteiger partial charge on any atom is -0.326 e. The molecule has 0 aromatic carbocycles. The van der Waals surface area contributed by atoms with Gasteiger partial charge in [-0.1, -0.05) is 20.8 Å². The first-order valence-corrected chi connectivity index (χ1v) is 4.95. The highest BCUT2D eigenvalue weighted by atomic mass is 15.2. The SMILES string of the molecule is CC(C)(C)CCN1CC[C@@H](N)C1. The Labute approximate surface area is 76.1 Å². The van der Waals surface area contributed by atoms with Gasteiger partial charge >= 0.3 is 0 Å². The Kier molecular flexibility index (Phi) is 3.13. The maximum absolute atomic E-state index is 5.82. The molecule has 0 aromatic rings. The summed E-state index contributed by atoms with van der Waals surface area (Å²) in [5.41, 5.74) is 6.29. The van der Waals surface area contributed by atoms with Crippen LogP contribution in [0.1, 0.15) is 33.6 Å². The normalized spacial score (nSPS) is 26.5. The largest absolute Gasteiger partial charge is 0.326 e. The van der Waals surface area contributed by atoms with Crippen LogP contribution in [0.15, 0.2) is 0 Å². The first-order chi connectivity index (χ1) is 5.47. The summed E-state index contributed by atoms with van der Waals surface area (Å²) in [6, 6.07) is 0.435. The first kappa shape index (κ1) is 10.0. The summed E-state index contributed by atoms with van der Waals surface area (Å²) in [6.07, 6.45) is 2.46. The van der Waals surface area contributed by atoms with Crippen molar-refractivity contribution in [2.45, 2.75) is 39.7 Å². The van der Waals surface area contributed by atoms with Crippen molar-refractivity contribution in [2.75, 3.05) is 19.6 Å². The van der Waals surface area contributed by atoms with Gasteiger partial charge in [0.25, 0.3) is 0 Å². The minimum atomic E-state index is 0.435. The lowest BCUT2D eigenvalue weighted by Gasteiger charge is -2.22. The van der Waals surface area contributed by atoms with Gasteiger partial charge in [-0.2, -0.15) is 0 Å². The highest BCUT2D eigenvalue weighted by Crippen LogP contribution is 2.20. The molecule has 1 rings (SSSR count). The quantitative estimate of drug-likeness (QED) is 0.680. The van der Waals surface area contributed by atoms with E-state index in [0.717, 1.165) is 6.54 Å². The van der Waals surface area contributed by atoms with Crippen molar-refractivity contribution in [2.24, 2.45) is 11.1 Å². The van der Waals surface area contributed by atoms with E-state index in [4.69, 9.17) is 5.73 Å². The molecule has 72 valence electrons. The maximum Gasteiger partial charge on any atom is 0.0180 e. The highest BCUT2D eigenvalue weighted by Gasteiger charge is 2.20. The summed E-state index contributed by atoms with van der Waals surface area (Å²) in [5, 5.41) is 0. The minimum absolute atomic E-state index is 0.435. The molecule has 0 aromatic heterocycles. The molecule has 1 saturated heterocycles. The Morgan fingerprint density at radius 2 is 2.08 bits per heavy atom. The molecule has 0 saturated carbocycles. The van der Waals surface area contributed by atoms with Gasteiger partial charge < -0.3 is 10.6 Å². The van der Waals surface area contributed by atoms with Crippen LogP contribution in [0.2, 0.25) is 0 Å². The summed E-state index contributed by atoms with van der Waals surface area (Å²) >= 11 is 0. The predicted molar refractivity (Wildman–Crippen MR) is 53.1 cm³/mol. The molecule has 0 unspecified atom stereocenters. The fraction of sp³-hybridized carbons (Fsp3) is 1.00. The molecule has 12 heavy (non-hydrogen) atoms. The summed E-state index contributed by atoms with van der Waals surface area (Å²) in [7, 11) is 0. The van der Waals surface area contributed by atoms with Crippen molar-refractivity contribution >= 4 is 0 Å². The van der Waals surface area contributed by atoms with E-state index in [-0.39, 0.29) is 0 Å². The van der Waals surface area contributed by atoms with Crippen LogP contribution in [0, 0.1) is 5.41 Å². The van der Waals surface area contributed by atoms with E-state index in [2.05, 4.69) is 25.7 Å². The van der Waals surface area contributed by atoms with Crippen LogP contribution >= 0.6 is 0 Å². The van der Waals surface area contributed by atoms with Gasteiger partial charge in [0.05, 0.1) is 0 Å². The van der Waals surface area contributed by atoms with Crippen molar-refractivity contribution in [1.29, 1.82) is 0 Å². The maximum atomic E-state index is 5.82. The van der Waals surface area contributed by atoms with Crippen molar-refractivity contribution in [3.8, 4) is 0 Å². The molecule has 2 nitrogen and oxygen atoms in total. The first-order valence-electron chi connectivity index (χ1n) is 4.95. The van der Waals surface area contributed by atoms with Crippen molar-refractivity contribution in [3.63, 3.8) is 0 Å². The smallest absolute Gasteiger partial charge is 0.0180 e. The predicted octanol–water partition coefficient (Wildman–Crippen LogP) is 1.46. The van der Waals surface area contributed by atoms with Crippen LogP contribution < -0.4 is 5.73 Å². The Morgan fingerprint density at radius 1 is 1.42 bits per heavy atom. The molecule has 0 radical (unpaired) electrons. The molecule has 1 fully saturated rings. The summed E-state index contributed by atoms with van der Waals surface area (Å²) in [4.78, 5) is 2.48. The van der Waals surface area contributed by atoms with Crippen LogP contribution in [0.4, 0.5) is 0 Å². The molecule has 1 aliphatic heterocycles. The molecule has 2 N–H and O–H groups in total. The van der Waals surface area contributed by atoms with Crippen molar-refractivity contribution in [3.05, 3.63) is 0 Å². The van der Waals surface area contributed by atoms with E-state index in [9.17, 15) is 0 Å². The fourth-order valence-corrected chi connectivity index (χ4v) is 1.56. The second kappa shape index (κ2) is 3.75. The van der Waals surface area contributed by atoms with Gasteiger partial charge in [0.2, 0.25) is 0 Å².